The number of nitrogens with zero attached hydrogens (tertiary/aromatic N) is 3. The topological polar surface area (TPSA) is 83.6 Å². The number of amides is 1. The minimum Gasteiger partial charge on any atom is -0.337 e. The van der Waals surface area contributed by atoms with Crippen molar-refractivity contribution in [1.29, 1.82) is 0 Å². The number of hydrogen-bond donors (Lipinski definition) is 2. The van der Waals surface area contributed by atoms with Gasteiger partial charge in [0.25, 0.3) is 0 Å². The van der Waals surface area contributed by atoms with Crippen molar-refractivity contribution in [2.45, 2.75) is 32.9 Å². The van der Waals surface area contributed by atoms with Crippen LogP contribution in [0.25, 0.3) is 22.1 Å². The van der Waals surface area contributed by atoms with Gasteiger partial charge in [0.05, 0.1) is 11.3 Å². The van der Waals surface area contributed by atoms with Crippen molar-refractivity contribution in [3.05, 3.63) is 52.6 Å². The van der Waals surface area contributed by atoms with Gasteiger partial charge in [0.2, 0.25) is 11.1 Å². The molecular formula is C21H21N5OS. The molecule has 4 rings (SSSR count). The molecule has 0 fully saturated rings. The quantitative estimate of drug-likeness (QED) is 0.502. The third kappa shape index (κ3) is 3.57. The normalized spacial score (nSPS) is 11.3. The Morgan fingerprint density at radius 3 is 2.61 bits per heavy atom. The summed E-state index contributed by atoms with van der Waals surface area (Å²) in [4.78, 5) is 20.2. The van der Waals surface area contributed by atoms with Crippen molar-refractivity contribution in [2.75, 3.05) is 11.1 Å². The van der Waals surface area contributed by atoms with Gasteiger partial charge in [-0.05, 0) is 51.0 Å². The summed E-state index contributed by atoms with van der Waals surface area (Å²) in [5, 5.41) is 13.0. The molecule has 2 N–H and O–H groups in total. The largest absolute Gasteiger partial charge is 0.337 e. The van der Waals surface area contributed by atoms with Crippen LogP contribution in [0.2, 0.25) is 0 Å². The lowest BCUT2D eigenvalue weighted by atomic mass is 10.1. The molecule has 2 aromatic carbocycles. The molecule has 0 saturated carbocycles. The number of nitrogens with one attached hydrogen (secondary N) is 2. The standard InChI is InChI=1S/C21H21N5OS/c1-11-5-6-16(13(3)7-11)22-17(27)10-28-21-24-20-19(25-26-21)15-9-12(2)8-14(4)18(15)23-20/h5-9H,10H2,1-4H3,(H,22,27)(H,23,24,26). The first kappa shape index (κ1) is 18.4. The van der Waals surface area contributed by atoms with Gasteiger partial charge in [-0.2, -0.15) is 0 Å². The predicted octanol–water partition coefficient (Wildman–Crippen LogP) is 4.47. The molecule has 0 radical (unpaired) electrons. The molecule has 0 saturated heterocycles. The van der Waals surface area contributed by atoms with Gasteiger partial charge in [-0.3, -0.25) is 4.79 Å². The number of aryl methyl sites for hydroxylation is 4. The fraction of sp³-hybridized carbons (Fsp3) is 0.238. The molecule has 2 heterocycles. The summed E-state index contributed by atoms with van der Waals surface area (Å²) in [7, 11) is 0. The van der Waals surface area contributed by atoms with Crippen molar-refractivity contribution in [3.63, 3.8) is 0 Å². The van der Waals surface area contributed by atoms with Crippen molar-refractivity contribution in [3.8, 4) is 0 Å². The lowest BCUT2D eigenvalue weighted by Gasteiger charge is -2.08. The highest BCUT2D eigenvalue weighted by molar-refractivity contribution is 7.99. The molecule has 6 nitrogen and oxygen atoms in total. The van der Waals surface area contributed by atoms with Gasteiger partial charge < -0.3 is 10.3 Å². The summed E-state index contributed by atoms with van der Waals surface area (Å²) >= 11 is 1.27. The Kier molecular flexibility index (Phi) is 4.77. The second-order valence-electron chi connectivity index (χ2n) is 7.08. The highest BCUT2D eigenvalue weighted by Crippen LogP contribution is 2.27. The van der Waals surface area contributed by atoms with E-state index in [0.717, 1.165) is 33.2 Å². The van der Waals surface area contributed by atoms with Crippen LogP contribution in [0.4, 0.5) is 5.69 Å². The smallest absolute Gasteiger partial charge is 0.234 e. The van der Waals surface area contributed by atoms with Crippen molar-refractivity contribution >= 4 is 45.4 Å². The highest BCUT2D eigenvalue weighted by atomic mass is 32.2. The van der Waals surface area contributed by atoms with Gasteiger partial charge in [-0.15, -0.1) is 10.2 Å². The maximum atomic E-state index is 12.3. The Morgan fingerprint density at radius 1 is 1.04 bits per heavy atom. The second-order valence-corrected chi connectivity index (χ2v) is 8.02. The first-order chi connectivity index (χ1) is 13.4. The van der Waals surface area contributed by atoms with Gasteiger partial charge in [-0.25, -0.2) is 4.98 Å². The Hall–Kier alpha value is -2.93. The first-order valence-corrected chi connectivity index (χ1v) is 10.0. The van der Waals surface area contributed by atoms with Crippen LogP contribution in [0.15, 0.2) is 35.5 Å². The Bertz CT molecular complexity index is 1210. The van der Waals surface area contributed by atoms with Crippen LogP contribution in [-0.4, -0.2) is 31.8 Å². The van der Waals surface area contributed by atoms with Gasteiger partial charge in [0, 0.05) is 11.1 Å². The van der Waals surface area contributed by atoms with E-state index in [-0.39, 0.29) is 11.7 Å². The van der Waals surface area contributed by atoms with E-state index in [4.69, 9.17) is 0 Å². The van der Waals surface area contributed by atoms with Crippen LogP contribution < -0.4 is 5.32 Å². The number of carbonyl (C=O) groups excluding carboxylic acids is 1. The van der Waals surface area contributed by atoms with Crippen molar-refractivity contribution < 1.29 is 4.79 Å². The number of hydrogen-bond acceptors (Lipinski definition) is 5. The number of H-pyrrole nitrogens is 1. The molecule has 0 bridgehead atoms. The zero-order valence-electron chi connectivity index (χ0n) is 16.3. The molecule has 0 aliphatic carbocycles. The average Bonchev–Trinajstić information content (AvgIpc) is 3.00. The molecule has 4 aromatic rings. The van der Waals surface area contributed by atoms with Crippen LogP contribution in [0, 0.1) is 27.7 Å². The fourth-order valence-corrected chi connectivity index (χ4v) is 3.94. The molecular weight excluding hydrogens is 370 g/mol. The van der Waals surface area contributed by atoms with E-state index < -0.39 is 0 Å². The summed E-state index contributed by atoms with van der Waals surface area (Å²) in [6.45, 7) is 8.13. The third-order valence-electron chi connectivity index (χ3n) is 4.63. The zero-order valence-corrected chi connectivity index (χ0v) is 17.1. The highest BCUT2D eigenvalue weighted by Gasteiger charge is 2.13. The molecule has 0 aliphatic rings. The zero-order chi connectivity index (χ0) is 19.8. The molecule has 0 unspecified atom stereocenters. The summed E-state index contributed by atoms with van der Waals surface area (Å²) in [5.74, 6) is 0.127. The summed E-state index contributed by atoms with van der Waals surface area (Å²) in [5.41, 5.74) is 7.83. The van der Waals surface area contributed by atoms with Crippen molar-refractivity contribution in [2.24, 2.45) is 0 Å². The number of anilines is 1. The molecule has 28 heavy (non-hydrogen) atoms. The number of benzene rings is 2. The number of rotatable bonds is 4. The Balaban J connectivity index is 1.51. The van der Waals surface area contributed by atoms with E-state index >= 15 is 0 Å². The maximum Gasteiger partial charge on any atom is 0.234 e. The Morgan fingerprint density at radius 2 is 1.82 bits per heavy atom. The van der Waals surface area contributed by atoms with Gasteiger partial charge >= 0.3 is 0 Å². The van der Waals surface area contributed by atoms with Crippen LogP contribution >= 0.6 is 11.8 Å². The molecule has 2 aromatic heterocycles. The summed E-state index contributed by atoms with van der Waals surface area (Å²) in [6.07, 6.45) is 0. The number of aromatic amines is 1. The summed E-state index contributed by atoms with van der Waals surface area (Å²) in [6, 6.07) is 10.2. The van der Waals surface area contributed by atoms with E-state index in [1.807, 2.05) is 32.0 Å². The lowest BCUT2D eigenvalue weighted by molar-refractivity contribution is -0.113. The molecule has 7 heteroatoms. The minimum atomic E-state index is -0.0937. The predicted molar refractivity (Wildman–Crippen MR) is 114 cm³/mol. The van der Waals surface area contributed by atoms with Crippen LogP contribution in [-0.2, 0) is 4.79 Å². The van der Waals surface area contributed by atoms with Crippen LogP contribution in [0.3, 0.4) is 0 Å². The molecule has 0 spiro atoms. The van der Waals surface area contributed by atoms with E-state index in [1.54, 1.807) is 0 Å². The SMILES string of the molecule is Cc1ccc(NC(=O)CSc2nnc3c(n2)[nH]c2c(C)cc(C)cc23)c(C)c1. The lowest BCUT2D eigenvalue weighted by Crippen LogP contribution is -2.15. The number of aromatic nitrogens is 4. The second kappa shape index (κ2) is 7.24. The number of fused-ring (bicyclic) bond motifs is 3. The third-order valence-corrected chi connectivity index (χ3v) is 5.47. The fourth-order valence-electron chi connectivity index (χ4n) is 3.35. The van der Waals surface area contributed by atoms with Crippen molar-refractivity contribution in [1.82, 2.24) is 20.2 Å². The van der Waals surface area contributed by atoms with E-state index in [2.05, 4.69) is 51.5 Å². The Labute approximate surface area is 167 Å². The number of thioether (sulfide) groups is 1. The van der Waals surface area contributed by atoms with E-state index in [9.17, 15) is 4.79 Å². The monoisotopic (exact) mass is 391 g/mol. The minimum absolute atomic E-state index is 0.0937. The average molecular weight is 392 g/mol. The van der Waals surface area contributed by atoms with Gasteiger partial charge in [-0.1, -0.05) is 41.1 Å². The van der Waals surface area contributed by atoms with E-state index in [1.165, 1.54) is 22.9 Å². The van der Waals surface area contributed by atoms with Crippen LogP contribution in [0.5, 0.6) is 0 Å². The van der Waals surface area contributed by atoms with Gasteiger partial charge in [0.1, 0.15) is 5.52 Å². The first-order valence-electron chi connectivity index (χ1n) is 9.04. The molecule has 142 valence electrons. The summed E-state index contributed by atoms with van der Waals surface area (Å²) < 4.78 is 0. The molecule has 0 atom stereocenters. The van der Waals surface area contributed by atoms with E-state index in [0.29, 0.717) is 10.8 Å². The maximum absolute atomic E-state index is 12.3. The van der Waals surface area contributed by atoms with Crippen LogP contribution in [0.1, 0.15) is 22.3 Å². The molecule has 0 aliphatic heterocycles. The van der Waals surface area contributed by atoms with Gasteiger partial charge in [0.15, 0.2) is 5.65 Å². The molecule has 1 amide bonds. The number of carbonyl (C=O) groups is 1.